The highest BCUT2D eigenvalue weighted by atomic mass is 35.5. The lowest BCUT2D eigenvalue weighted by Gasteiger charge is -1.82. The van der Waals surface area contributed by atoms with Crippen LogP contribution in [0.25, 0.3) is 0 Å². The molecule has 0 aromatic heterocycles. The van der Waals surface area contributed by atoms with Crippen molar-refractivity contribution in [1.29, 1.82) is 0 Å². The summed E-state index contributed by atoms with van der Waals surface area (Å²) >= 11 is 0. The van der Waals surface area contributed by atoms with Crippen LogP contribution in [0.2, 0.25) is 0 Å². The lowest BCUT2D eigenvalue weighted by molar-refractivity contribution is -0.137. The highest BCUT2D eigenvalue weighted by Gasteiger charge is 1.87. The Labute approximate surface area is 117 Å². The summed E-state index contributed by atoms with van der Waals surface area (Å²) in [7, 11) is 0. The predicted octanol–water partition coefficient (Wildman–Crippen LogP) is 4.51. The molecule has 17 heavy (non-hydrogen) atoms. The molecular weight excluding hydrogens is 259 g/mol. The van der Waals surface area contributed by atoms with Crippen LogP contribution in [0.1, 0.15) is 25.3 Å². The highest BCUT2D eigenvalue weighted by molar-refractivity contribution is 5.85. The molecule has 0 radical (unpaired) electrons. The fraction of sp³-hybridized carbons (Fsp3) is 0.308. The molecule has 1 rings (SSSR count). The molecule has 0 fully saturated rings. The molecule has 2 nitrogen and oxygen atoms in total. The number of rotatable bonds is 2. The third-order valence-corrected chi connectivity index (χ3v) is 1.40. The van der Waals surface area contributed by atoms with E-state index in [0.29, 0.717) is 6.42 Å². The summed E-state index contributed by atoms with van der Waals surface area (Å²) in [5.41, 5.74) is 1.32. The lowest BCUT2D eigenvalue weighted by atomic mass is 10.2. The van der Waals surface area contributed by atoms with Crippen molar-refractivity contribution in [3.8, 4) is 0 Å². The molecule has 4 heteroatoms. The molecule has 1 aromatic rings. The van der Waals surface area contributed by atoms with Gasteiger partial charge < -0.3 is 5.11 Å². The van der Waals surface area contributed by atoms with Gasteiger partial charge in [-0.15, -0.1) is 38.0 Å². The van der Waals surface area contributed by atoms with Gasteiger partial charge >= 0.3 is 5.97 Å². The van der Waals surface area contributed by atoms with Crippen LogP contribution in [0.4, 0.5) is 0 Å². The van der Waals surface area contributed by atoms with Gasteiger partial charge in [-0.25, -0.2) is 0 Å². The van der Waals surface area contributed by atoms with E-state index >= 15 is 0 Å². The predicted molar refractivity (Wildman–Crippen MR) is 79.5 cm³/mol. The van der Waals surface area contributed by atoms with E-state index in [0.717, 1.165) is 6.42 Å². The number of carboxylic acid groups (broad SMARTS) is 1. The van der Waals surface area contributed by atoms with Crippen molar-refractivity contribution in [3.63, 3.8) is 0 Å². The number of aryl methyl sites for hydroxylation is 1. The third-order valence-electron chi connectivity index (χ3n) is 1.40. The average Bonchev–Trinajstić information content (AvgIpc) is 2.22. The Morgan fingerprint density at radius 3 is 1.71 bits per heavy atom. The molecule has 0 saturated carbocycles. The summed E-state index contributed by atoms with van der Waals surface area (Å²) in [6, 6.07) is 10.3. The number of benzene rings is 1. The summed E-state index contributed by atoms with van der Waals surface area (Å²) in [6.45, 7) is 9.92. The van der Waals surface area contributed by atoms with E-state index in [1.807, 2.05) is 25.1 Å². The van der Waals surface area contributed by atoms with Gasteiger partial charge in [-0.3, -0.25) is 4.79 Å². The molecule has 0 aliphatic heterocycles. The van der Waals surface area contributed by atoms with Crippen molar-refractivity contribution in [2.45, 2.75) is 26.7 Å². The Bertz CT molecular complexity index is 251. The second-order valence-electron chi connectivity index (χ2n) is 2.80. The Kier molecular flexibility index (Phi) is 30.0. The average molecular weight is 281 g/mol. The molecule has 0 amide bonds. The summed E-state index contributed by atoms with van der Waals surface area (Å²) < 4.78 is 0. The van der Waals surface area contributed by atoms with Crippen LogP contribution < -0.4 is 0 Å². The number of hydrogen-bond acceptors (Lipinski definition) is 1. The zero-order chi connectivity index (χ0) is 12.1. The largest absolute Gasteiger partial charge is 0.481 e. The first-order valence-electron chi connectivity index (χ1n) is 4.90. The van der Waals surface area contributed by atoms with Gasteiger partial charge in [0, 0.05) is 6.42 Å². The normalized spacial score (nSPS) is 6.71. The van der Waals surface area contributed by atoms with Gasteiger partial charge in [0.1, 0.15) is 0 Å². The molecule has 0 bridgehead atoms. The Hall–Kier alpha value is -0.990. The van der Waals surface area contributed by atoms with Gasteiger partial charge in [-0.1, -0.05) is 42.8 Å². The first-order chi connectivity index (χ1) is 7.16. The van der Waals surface area contributed by atoms with Crippen LogP contribution in [0.3, 0.4) is 0 Å². The molecule has 0 atom stereocenters. The number of carbonyl (C=O) groups is 1. The van der Waals surface area contributed by atoms with Crippen molar-refractivity contribution in [2.24, 2.45) is 0 Å². The molecule has 0 unspecified atom stereocenters. The minimum absolute atomic E-state index is 0. The highest BCUT2D eigenvalue weighted by Crippen LogP contribution is 1.92. The Morgan fingerprint density at radius 2 is 1.59 bits per heavy atom. The van der Waals surface area contributed by atoms with Crippen LogP contribution >= 0.6 is 24.8 Å². The number of carboxylic acids is 1. The summed E-state index contributed by atoms with van der Waals surface area (Å²) in [4.78, 5) is 9.60. The summed E-state index contributed by atoms with van der Waals surface area (Å²) in [5.74, 6) is -0.711. The monoisotopic (exact) mass is 280 g/mol. The number of hydrogen-bond donors (Lipinski definition) is 1. The molecule has 0 saturated heterocycles. The van der Waals surface area contributed by atoms with Crippen LogP contribution in [0.15, 0.2) is 43.5 Å². The van der Waals surface area contributed by atoms with Crippen molar-refractivity contribution in [2.75, 3.05) is 0 Å². The third kappa shape index (κ3) is 25.4. The smallest absolute Gasteiger partial charge is 0.303 e. The van der Waals surface area contributed by atoms with E-state index in [4.69, 9.17) is 5.11 Å². The van der Waals surface area contributed by atoms with Crippen molar-refractivity contribution in [1.82, 2.24) is 0 Å². The maximum atomic E-state index is 9.60. The van der Waals surface area contributed by atoms with Gasteiger partial charge in [0.2, 0.25) is 0 Å². The first-order valence-corrected chi connectivity index (χ1v) is 4.90. The van der Waals surface area contributed by atoms with E-state index in [-0.39, 0.29) is 24.8 Å². The van der Waals surface area contributed by atoms with Gasteiger partial charge in [-0.05, 0) is 13.3 Å². The number of halogens is 2. The van der Waals surface area contributed by atoms with E-state index in [9.17, 15) is 4.79 Å². The molecule has 0 heterocycles. The molecule has 1 N–H and O–H groups in total. The summed E-state index contributed by atoms with van der Waals surface area (Å²) in [6.07, 6.45) is 1.02. The molecule has 0 spiro atoms. The van der Waals surface area contributed by atoms with Crippen molar-refractivity contribution < 1.29 is 9.90 Å². The fourth-order valence-electron chi connectivity index (χ4n) is 0.748. The van der Waals surface area contributed by atoms with Gasteiger partial charge in [-0.2, -0.15) is 0 Å². The number of aliphatic carboxylic acids is 1. The zero-order valence-corrected chi connectivity index (χ0v) is 12.0. The second kappa shape index (κ2) is 20.4. The topological polar surface area (TPSA) is 37.3 Å². The quantitative estimate of drug-likeness (QED) is 0.810. The van der Waals surface area contributed by atoms with Gasteiger partial charge in [0.05, 0.1) is 0 Å². The fourth-order valence-corrected chi connectivity index (χ4v) is 0.748. The molecular formula is C13H22Cl2O2. The van der Waals surface area contributed by atoms with E-state index in [2.05, 4.69) is 32.2 Å². The van der Waals surface area contributed by atoms with E-state index < -0.39 is 5.97 Å². The molecule has 0 aliphatic rings. The first kappa shape index (κ1) is 25.0. The minimum atomic E-state index is -0.711. The van der Waals surface area contributed by atoms with Crippen molar-refractivity contribution in [3.05, 3.63) is 49.1 Å². The zero-order valence-electron chi connectivity index (χ0n) is 10.4. The molecule has 1 aromatic carbocycles. The SMILES string of the molecule is C=C.CCCC(=O)O.Cc1ccccc1.Cl.Cl. The van der Waals surface area contributed by atoms with Crippen LogP contribution in [0.5, 0.6) is 0 Å². The van der Waals surface area contributed by atoms with E-state index in [1.165, 1.54) is 5.56 Å². The summed E-state index contributed by atoms with van der Waals surface area (Å²) in [5, 5.41) is 7.91. The van der Waals surface area contributed by atoms with Crippen LogP contribution in [0, 0.1) is 6.92 Å². The standard InChI is InChI=1S/C7H8.C4H8O2.C2H4.2ClH/c1-7-5-3-2-4-6-7;1-2-3-4(5)6;1-2;;/h2-6H,1H3;2-3H2,1H3,(H,5,6);1-2H2;2*1H. The van der Waals surface area contributed by atoms with Gasteiger partial charge in [0.15, 0.2) is 0 Å². The van der Waals surface area contributed by atoms with Crippen LogP contribution in [-0.4, -0.2) is 11.1 Å². The molecule has 100 valence electrons. The Balaban J connectivity index is -0.0000000794. The maximum absolute atomic E-state index is 9.60. The molecule has 0 aliphatic carbocycles. The Morgan fingerprint density at radius 1 is 1.18 bits per heavy atom. The van der Waals surface area contributed by atoms with Gasteiger partial charge in [0.25, 0.3) is 0 Å². The van der Waals surface area contributed by atoms with Crippen molar-refractivity contribution >= 4 is 30.8 Å². The van der Waals surface area contributed by atoms with E-state index in [1.54, 1.807) is 0 Å². The second-order valence-corrected chi connectivity index (χ2v) is 2.80. The van der Waals surface area contributed by atoms with Crippen LogP contribution in [-0.2, 0) is 4.79 Å². The lowest BCUT2D eigenvalue weighted by Crippen LogP contribution is -1.90. The minimum Gasteiger partial charge on any atom is -0.481 e. The maximum Gasteiger partial charge on any atom is 0.303 e.